The summed E-state index contributed by atoms with van der Waals surface area (Å²) in [5.41, 5.74) is 0. The summed E-state index contributed by atoms with van der Waals surface area (Å²) in [6, 6.07) is 0. The molecule has 3 N–H and O–H groups in total. The number of hydrogen-bond acceptors (Lipinski definition) is 4. The summed E-state index contributed by atoms with van der Waals surface area (Å²) < 4.78 is 4.91. The Hall–Kier alpha value is -0.160. The fourth-order valence-electron chi connectivity index (χ4n) is 0.953. The largest absolute Gasteiger partial charge is 0.388 e. The lowest BCUT2D eigenvalue weighted by Gasteiger charge is -2.33. The molecule has 1 aliphatic rings. The summed E-state index contributed by atoms with van der Waals surface area (Å²) in [5.74, 6) is 0. The van der Waals surface area contributed by atoms with Gasteiger partial charge in [-0.2, -0.15) is 0 Å². The number of hydrogen-bond donors (Lipinski definition) is 3. The van der Waals surface area contributed by atoms with Crippen LogP contribution in [-0.2, 0) is 4.74 Å². The van der Waals surface area contributed by atoms with Gasteiger partial charge >= 0.3 is 0 Å². The van der Waals surface area contributed by atoms with E-state index in [1.165, 1.54) is 0 Å². The van der Waals surface area contributed by atoms with Crippen molar-refractivity contribution in [2.45, 2.75) is 31.3 Å². The van der Waals surface area contributed by atoms with Crippen molar-refractivity contribution in [1.82, 2.24) is 0 Å². The first-order valence-corrected chi connectivity index (χ1v) is 3.28. The summed E-state index contributed by atoms with van der Waals surface area (Å²) in [5, 5.41) is 27.0. The third-order valence-electron chi connectivity index (χ3n) is 1.75. The van der Waals surface area contributed by atoms with Gasteiger partial charge in [-0.1, -0.05) is 0 Å². The molecule has 0 amide bonds. The van der Waals surface area contributed by atoms with Crippen LogP contribution in [0, 0.1) is 0 Å². The molecule has 0 saturated carbocycles. The van der Waals surface area contributed by atoms with Crippen LogP contribution in [0.2, 0.25) is 0 Å². The van der Waals surface area contributed by atoms with E-state index in [1.807, 2.05) is 0 Å². The molecule has 0 aliphatic carbocycles. The third kappa shape index (κ3) is 1.29. The Morgan fingerprint density at radius 3 is 2.30 bits per heavy atom. The summed E-state index contributed by atoms with van der Waals surface area (Å²) in [7, 11) is 0. The Labute approximate surface area is 59.1 Å². The van der Waals surface area contributed by atoms with E-state index in [9.17, 15) is 0 Å². The lowest BCUT2D eigenvalue weighted by atomic mass is 10.0. The summed E-state index contributed by atoms with van der Waals surface area (Å²) in [6.45, 7) is 1.75. The summed E-state index contributed by atoms with van der Waals surface area (Å²) >= 11 is 0. The maximum atomic E-state index is 9.08. The van der Waals surface area contributed by atoms with E-state index < -0.39 is 24.4 Å². The molecule has 1 heterocycles. The first-order valence-electron chi connectivity index (χ1n) is 3.28. The first-order chi connectivity index (χ1) is 4.63. The number of rotatable bonds is 0. The smallest absolute Gasteiger partial charge is 0.110 e. The van der Waals surface area contributed by atoms with Crippen LogP contribution in [0.1, 0.15) is 6.92 Å². The zero-order valence-electron chi connectivity index (χ0n) is 5.77. The van der Waals surface area contributed by atoms with E-state index in [4.69, 9.17) is 20.1 Å². The molecule has 4 nitrogen and oxygen atoms in total. The molecule has 10 heavy (non-hydrogen) atoms. The maximum Gasteiger partial charge on any atom is 0.110 e. The SMILES string of the molecule is C[C@@H]1OC[C@H](O)[C@H](O)[C@H]1O. The average Bonchev–Trinajstić information content (AvgIpc) is 1.93. The lowest BCUT2D eigenvalue weighted by Crippen LogP contribution is -2.51. The van der Waals surface area contributed by atoms with Crippen LogP contribution < -0.4 is 0 Å². The van der Waals surface area contributed by atoms with E-state index in [1.54, 1.807) is 6.92 Å². The highest BCUT2D eigenvalue weighted by molar-refractivity contribution is 4.83. The van der Waals surface area contributed by atoms with Gasteiger partial charge in [0.05, 0.1) is 12.7 Å². The van der Waals surface area contributed by atoms with Gasteiger partial charge in [0.2, 0.25) is 0 Å². The molecule has 4 atom stereocenters. The van der Waals surface area contributed by atoms with Crippen molar-refractivity contribution < 1.29 is 20.1 Å². The van der Waals surface area contributed by atoms with Crippen molar-refractivity contribution in [3.05, 3.63) is 0 Å². The highest BCUT2D eigenvalue weighted by Gasteiger charge is 2.34. The van der Waals surface area contributed by atoms with Crippen molar-refractivity contribution in [2.24, 2.45) is 0 Å². The van der Waals surface area contributed by atoms with E-state index in [-0.39, 0.29) is 6.61 Å². The molecular weight excluding hydrogens is 136 g/mol. The van der Waals surface area contributed by atoms with Crippen molar-refractivity contribution >= 4 is 0 Å². The van der Waals surface area contributed by atoms with Gasteiger partial charge in [0.1, 0.15) is 18.3 Å². The van der Waals surface area contributed by atoms with E-state index in [0.29, 0.717) is 0 Å². The molecule has 60 valence electrons. The van der Waals surface area contributed by atoms with Crippen LogP contribution in [0.5, 0.6) is 0 Å². The maximum absolute atomic E-state index is 9.08. The first kappa shape index (κ1) is 7.94. The fourth-order valence-corrected chi connectivity index (χ4v) is 0.953. The van der Waals surface area contributed by atoms with Crippen LogP contribution in [0.25, 0.3) is 0 Å². The molecule has 0 unspecified atom stereocenters. The molecule has 1 aliphatic heterocycles. The van der Waals surface area contributed by atoms with E-state index >= 15 is 0 Å². The summed E-state index contributed by atoms with van der Waals surface area (Å²) in [6.07, 6.45) is -3.38. The van der Waals surface area contributed by atoms with Gasteiger partial charge in [-0.05, 0) is 6.92 Å². The third-order valence-corrected chi connectivity index (χ3v) is 1.75. The second kappa shape index (κ2) is 2.84. The second-order valence-electron chi connectivity index (χ2n) is 2.59. The van der Waals surface area contributed by atoms with Gasteiger partial charge in [-0.3, -0.25) is 0 Å². The minimum Gasteiger partial charge on any atom is -0.388 e. The van der Waals surface area contributed by atoms with Gasteiger partial charge in [-0.25, -0.2) is 0 Å². The van der Waals surface area contributed by atoms with Gasteiger partial charge in [0.15, 0.2) is 0 Å². The molecule has 0 aromatic carbocycles. The number of aliphatic hydroxyl groups excluding tert-OH is 3. The van der Waals surface area contributed by atoms with Gasteiger partial charge in [0, 0.05) is 0 Å². The highest BCUT2D eigenvalue weighted by atomic mass is 16.5. The Bertz CT molecular complexity index is 102. The summed E-state index contributed by atoms with van der Waals surface area (Å²) in [4.78, 5) is 0. The monoisotopic (exact) mass is 148 g/mol. The normalized spacial score (nSPS) is 49.2. The Balaban J connectivity index is 2.52. The van der Waals surface area contributed by atoms with Gasteiger partial charge < -0.3 is 20.1 Å². The molecule has 1 fully saturated rings. The van der Waals surface area contributed by atoms with Crippen LogP contribution in [-0.4, -0.2) is 46.3 Å². The second-order valence-corrected chi connectivity index (χ2v) is 2.59. The topological polar surface area (TPSA) is 69.9 Å². The van der Waals surface area contributed by atoms with E-state index in [0.717, 1.165) is 0 Å². The van der Waals surface area contributed by atoms with Crippen molar-refractivity contribution in [3.63, 3.8) is 0 Å². The lowest BCUT2D eigenvalue weighted by molar-refractivity contribution is -0.181. The number of ether oxygens (including phenoxy) is 1. The number of aliphatic hydroxyl groups is 3. The molecular formula is C6H12O4. The van der Waals surface area contributed by atoms with Crippen molar-refractivity contribution in [1.29, 1.82) is 0 Å². The molecule has 1 saturated heterocycles. The molecule has 4 heteroatoms. The van der Waals surface area contributed by atoms with E-state index in [2.05, 4.69) is 0 Å². The fraction of sp³-hybridized carbons (Fsp3) is 1.00. The Morgan fingerprint density at radius 1 is 1.20 bits per heavy atom. The molecule has 1 rings (SSSR count). The Kier molecular flexibility index (Phi) is 2.25. The predicted octanol–water partition coefficient (Wildman–Crippen LogP) is -1.51. The average molecular weight is 148 g/mol. The zero-order chi connectivity index (χ0) is 7.72. The highest BCUT2D eigenvalue weighted by Crippen LogP contribution is 2.14. The standard InChI is InChI=1S/C6H12O4/c1-3-5(8)6(9)4(7)2-10-3/h3-9H,2H2,1H3/t3-,4-,5-,6-/m0/s1. The van der Waals surface area contributed by atoms with Crippen molar-refractivity contribution in [2.75, 3.05) is 6.61 Å². The Morgan fingerprint density at radius 2 is 1.80 bits per heavy atom. The molecule has 0 aromatic rings. The minimum absolute atomic E-state index is 0.0966. The molecule has 0 aromatic heterocycles. The van der Waals surface area contributed by atoms with Crippen molar-refractivity contribution in [3.8, 4) is 0 Å². The van der Waals surface area contributed by atoms with Gasteiger partial charge in [-0.15, -0.1) is 0 Å². The minimum atomic E-state index is -1.07. The van der Waals surface area contributed by atoms with Crippen LogP contribution >= 0.6 is 0 Å². The predicted molar refractivity (Wildman–Crippen MR) is 33.4 cm³/mol. The van der Waals surface area contributed by atoms with Crippen LogP contribution in [0.4, 0.5) is 0 Å². The molecule has 0 radical (unpaired) electrons. The zero-order valence-corrected chi connectivity index (χ0v) is 5.77. The van der Waals surface area contributed by atoms with Gasteiger partial charge in [0.25, 0.3) is 0 Å². The van der Waals surface area contributed by atoms with Crippen LogP contribution in [0.3, 0.4) is 0 Å². The molecule has 0 spiro atoms. The van der Waals surface area contributed by atoms with Crippen LogP contribution in [0.15, 0.2) is 0 Å². The molecule has 0 bridgehead atoms. The quantitative estimate of drug-likeness (QED) is 0.390.